The van der Waals surface area contributed by atoms with Crippen LogP contribution in [0.5, 0.6) is 11.5 Å². The molecule has 0 aliphatic carbocycles. The number of thiazole rings is 1. The lowest BCUT2D eigenvalue weighted by atomic mass is 10.1. The molecule has 3 aromatic carbocycles. The van der Waals surface area contributed by atoms with Crippen molar-refractivity contribution >= 4 is 22.4 Å². The van der Waals surface area contributed by atoms with Crippen LogP contribution in [0, 0.1) is 5.92 Å². The number of benzene rings is 3. The first-order valence-electron chi connectivity index (χ1n) is 15.5. The molecule has 0 saturated carbocycles. The fourth-order valence-corrected chi connectivity index (χ4v) is 5.82. The number of para-hydroxylation sites is 1. The fourth-order valence-electron chi connectivity index (χ4n) is 4.92. The van der Waals surface area contributed by atoms with Crippen LogP contribution in [0.15, 0.2) is 89.9 Å². The molecule has 0 aliphatic heterocycles. The zero-order valence-corrected chi connectivity index (χ0v) is 26.7. The fraction of sp³-hybridized carbons (Fsp3) is 0.278. The number of aromatic nitrogens is 5. The van der Waals surface area contributed by atoms with Gasteiger partial charge in [-0.15, -0.1) is 5.10 Å². The molecule has 0 atom stereocenters. The van der Waals surface area contributed by atoms with E-state index in [2.05, 4.69) is 30.9 Å². The molecule has 6 aromatic rings. The van der Waals surface area contributed by atoms with Gasteiger partial charge in [-0.1, -0.05) is 69.6 Å². The van der Waals surface area contributed by atoms with Gasteiger partial charge in [0, 0.05) is 22.9 Å². The number of hydrogen-bond donors (Lipinski definition) is 0. The predicted molar refractivity (Wildman–Crippen MR) is 180 cm³/mol. The highest BCUT2D eigenvalue weighted by molar-refractivity contribution is 7.15. The number of nitrogens with zero attached hydrogens (tertiary/aromatic N) is 5. The van der Waals surface area contributed by atoms with Crippen molar-refractivity contribution in [3.63, 3.8) is 0 Å². The summed E-state index contributed by atoms with van der Waals surface area (Å²) in [5, 5.41) is 9.46. The minimum absolute atomic E-state index is 0.211. The first kappa shape index (κ1) is 30.3. The summed E-state index contributed by atoms with van der Waals surface area (Å²) in [6.45, 7) is 7.81. The summed E-state index contributed by atoms with van der Waals surface area (Å²) in [5.41, 5.74) is 4.06. The zero-order valence-electron chi connectivity index (χ0n) is 25.8. The lowest BCUT2D eigenvalue weighted by Crippen LogP contribution is -2.23. The number of unbranched alkanes of at least 4 members (excludes halogenated alkanes) is 3. The molecule has 0 spiro atoms. The summed E-state index contributed by atoms with van der Waals surface area (Å²) >= 11 is 1.32. The van der Waals surface area contributed by atoms with Crippen molar-refractivity contribution in [1.29, 1.82) is 0 Å². The molecule has 0 radical (unpaired) electrons. The van der Waals surface area contributed by atoms with Gasteiger partial charge in [-0.25, -0.2) is 4.68 Å². The normalized spacial score (nSPS) is 12.0. The number of fused-ring (bicyclic) bond motifs is 1. The van der Waals surface area contributed by atoms with E-state index in [1.807, 2.05) is 95.8 Å². The molecule has 0 aliphatic rings. The third-order valence-corrected chi connectivity index (χ3v) is 8.28. The number of rotatable bonds is 13. The van der Waals surface area contributed by atoms with E-state index in [1.54, 1.807) is 0 Å². The Kier molecular flexibility index (Phi) is 9.35. The Morgan fingerprint density at radius 1 is 0.844 bits per heavy atom. The second-order valence-electron chi connectivity index (χ2n) is 11.4. The molecule has 0 amide bonds. The van der Waals surface area contributed by atoms with E-state index in [4.69, 9.17) is 14.6 Å². The minimum atomic E-state index is -0.211. The molecule has 0 N–H and O–H groups in total. The maximum atomic E-state index is 13.5. The summed E-state index contributed by atoms with van der Waals surface area (Å²) in [6.07, 6.45) is 8.49. The Bertz CT molecular complexity index is 1960. The average molecular weight is 620 g/mol. The van der Waals surface area contributed by atoms with Crippen LogP contribution < -0.4 is 19.6 Å². The Balaban J connectivity index is 1.28. The van der Waals surface area contributed by atoms with E-state index in [-0.39, 0.29) is 5.56 Å². The van der Waals surface area contributed by atoms with Gasteiger partial charge in [0.05, 0.1) is 23.4 Å². The van der Waals surface area contributed by atoms with Gasteiger partial charge in [0.15, 0.2) is 5.82 Å². The van der Waals surface area contributed by atoms with E-state index in [0.717, 1.165) is 46.0 Å². The molecule has 45 heavy (non-hydrogen) atoms. The molecule has 0 bridgehead atoms. The average Bonchev–Trinajstić information content (AvgIpc) is 3.76. The third kappa shape index (κ3) is 7.15. The van der Waals surface area contributed by atoms with Gasteiger partial charge in [-0.3, -0.25) is 4.79 Å². The van der Waals surface area contributed by atoms with Crippen LogP contribution in [0.3, 0.4) is 0 Å². The summed E-state index contributed by atoms with van der Waals surface area (Å²) in [7, 11) is 0. The van der Waals surface area contributed by atoms with Gasteiger partial charge in [-0.05, 0) is 79.1 Å². The molecule has 9 heteroatoms. The van der Waals surface area contributed by atoms with E-state index < -0.39 is 0 Å². The SMILES string of the molecule is CCCCCCOc1ccc(-c2nc3sc(=Cc4cn(-c5ccccc5)nc4-c4ccc(OCC(C)C)cc4)c(=O)n3n2)cc1. The van der Waals surface area contributed by atoms with Crippen molar-refractivity contribution in [3.05, 3.63) is 106 Å². The van der Waals surface area contributed by atoms with Crippen molar-refractivity contribution < 1.29 is 9.47 Å². The van der Waals surface area contributed by atoms with Gasteiger partial charge in [0.1, 0.15) is 17.2 Å². The summed E-state index contributed by atoms with van der Waals surface area (Å²) < 4.78 is 15.5. The first-order valence-corrected chi connectivity index (χ1v) is 16.3. The molecular weight excluding hydrogens is 582 g/mol. The zero-order chi connectivity index (χ0) is 31.2. The first-order chi connectivity index (χ1) is 22.0. The second kappa shape index (κ2) is 13.9. The van der Waals surface area contributed by atoms with Crippen molar-refractivity contribution in [1.82, 2.24) is 24.4 Å². The van der Waals surface area contributed by atoms with Gasteiger partial charge < -0.3 is 9.47 Å². The minimum Gasteiger partial charge on any atom is -0.494 e. The van der Waals surface area contributed by atoms with Gasteiger partial charge in [0.2, 0.25) is 4.96 Å². The smallest absolute Gasteiger partial charge is 0.291 e. The van der Waals surface area contributed by atoms with E-state index in [1.165, 1.54) is 35.1 Å². The van der Waals surface area contributed by atoms with Crippen molar-refractivity contribution in [2.45, 2.75) is 46.5 Å². The van der Waals surface area contributed by atoms with Gasteiger partial charge in [0.25, 0.3) is 5.56 Å². The van der Waals surface area contributed by atoms with Crippen LogP contribution in [0.2, 0.25) is 0 Å². The monoisotopic (exact) mass is 619 g/mol. The third-order valence-electron chi connectivity index (χ3n) is 7.32. The lowest BCUT2D eigenvalue weighted by molar-refractivity contribution is 0.271. The Morgan fingerprint density at radius 2 is 1.56 bits per heavy atom. The van der Waals surface area contributed by atoms with Crippen LogP contribution >= 0.6 is 11.3 Å². The highest BCUT2D eigenvalue weighted by atomic mass is 32.1. The standard InChI is InChI=1S/C36H37N5O3S/c1-4-5-6-10-21-43-30-19-15-27(16-20-30)34-37-36-41(39-34)35(42)32(45-36)22-28-23-40(29-11-8-7-9-12-29)38-33(28)26-13-17-31(18-14-26)44-24-25(2)3/h7-9,11-20,22-23,25H,4-6,10,21,24H2,1-3H3. The Morgan fingerprint density at radius 3 is 2.24 bits per heavy atom. The van der Waals surface area contributed by atoms with Crippen molar-refractivity contribution in [3.8, 4) is 39.8 Å². The Labute approximate surface area is 266 Å². The van der Waals surface area contributed by atoms with Crippen LogP contribution in [0.1, 0.15) is 52.0 Å². The van der Waals surface area contributed by atoms with E-state index in [0.29, 0.717) is 34.4 Å². The van der Waals surface area contributed by atoms with Crippen molar-refractivity contribution in [2.75, 3.05) is 13.2 Å². The second-order valence-corrected chi connectivity index (χ2v) is 12.4. The Hall–Kier alpha value is -4.76. The highest BCUT2D eigenvalue weighted by Crippen LogP contribution is 2.27. The van der Waals surface area contributed by atoms with Gasteiger partial charge >= 0.3 is 0 Å². The maximum absolute atomic E-state index is 13.5. The van der Waals surface area contributed by atoms with Crippen LogP contribution in [0.25, 0.3) is 39.4 Å². The van der Waals surface area contributed by atoms with Gasteiger partial charge in [-0.2, -0.15) is 14.6 Å². The van der Waals surface area contributed by atoms with E-state index in [9.17, 15) is 4.79 Å². The largest absolute Gasteiger partial charge is 0.494 e. The topological polar surface area (TPSA) is 83.5 Å². The van der Waals surface area contributed by atoms with E-state index >= 15 is 0 Å². The molecule has 3 aromatic heterocycles. The molecule has 6 rings (SSSR count). The maximum Gasteiger partial charge on any atom is 0.291 e. The number of hydrogen-bond acceptors (Lipinski definition) is 7. The lowest BCUT2D eigenvalue weighted by Gasteiger charge is -2.09. The summed E-state index contributed by atoms with van der Waals surface area (Å²) in [5.74, 6) is 2.59. The quantitative estimate of drug-likeness (QED) is 0.127. The van der Waals surface area contributed by atoms with Crippen molar-refractivity contribution in [2.24, 2.45) is 5.92 Å². The molecule has 0 unspecified atom stereocenters. The number of ether oxygens (including phenoxy) is 2. The molecule has 0 fully saturated rings. The molecule has 8 nitrogen and oxygen atoms in total. The molecule has 0 saturated heterocycles. The summed E-state index contributed by atoms with van der Waals surface area (Å²) in [4.78, 5) is 18.7. The van der Waals surface area contributed by atoms with Crippen LogP contribution in [-0.4, -0.2) is 37.6 Å². The molecule has 3 heterocycles. The van der Waals surface area contributed by atoms with Crippen LogP contribution in [0.4, 0.5) is 0 Å². The summed E-state index contributed by atoms with van der Waals surface area (Å²) in [6, 6.07) is 25.6. The molecular formula is C36H37N5O3S. The highest BCUT2D eigenvalue weighted by Gasteiger charge is 2.15. The molecule has 230 valence electrons. The van der Waals surface area contributed by atoms with Crippen LogP contribution in [-0.2, 0) is 0 Å². The predicted octanol–water partition coefficient (Wildman–Crippen LogP) is 7.21.